The van der Waals surface area contributed by atoms with Gasteiger partial charge in [-0.25, -0.2) is 0 Å². The molecule has 17 heavy (non-hydrogen) atoms. The third-order valence-corrected chi connectivity index (χ3v) is 2.79. The molecule has 1 fully saturated rings. The van der Waals surface area contributed by atoms with Gasteiger partial charge in [-0.15, -0.1) is 0 Å². The van der Waals surface area contributed by atoms with Gasteiger partial charge in [0.25, 0.3) is 0 Å². The smallest absolute Gasteiger partial charge is 0.173 e. The molecule has 86 valence electrons. The van der Waals surface area contributed by atoms with Crippen LogP contribution in [0.2, 0.25) is 0 Å². The fourth-order valence-corrected chi connectivity index (χ4v) is 1.87. The van der Waals surface area contributed by atoms with Gasteiger partial charge in [0, 0.05) is 12.8 Å². The minimum absolute atomic E-state index is 0.203. The molecule has 0 N–H and O–H groups in total. The van der Waals surface area contributed by atoms with Gasteiger partial charge >= 0.3 is 0 Å². The molecule has 0 saturated heterocycles. The summed E-state index contributed by atoms with van der Waals surface area (Å²) in [6, 6.07) is 9.29. The summed E-state index contributed by atoms with van der Waals surface area (Å²) in [7, 11) is 0. The molecule has 0 spiro atoms. The Morgan fingerprint density at radius 1 is 1.06 bits per heavy atom. The number of Topliss-reactive ketones (excluding diaryl/α,β-unsaturated/α-hetero) is 2. The molecule has 2 rings (SSSR count). The van der Waals surface area contributed by atoms with Crippen molar-refractivity contribution in [3.63, 3.8) is 0 Å². The quantitative estimate of drug-likeness (QED) is 0.585. The minimum atomic E-state index is -1.05. The van der Waals surface area contributed by atoms with Gasteiger partial charge in [0.05, 0.1) is 0 Å². The Morgan fingerprint density at radius 2 is 1.65 bits per heavy atom. The monoisotopic (exact) mass is 228 g/mol. The van der Waals surface area contributed by atoms with Gasteiger partial charge in [-0.3, -0.25) is 14.4 Å². The van der Waals surface area contributed by atoms with Crippen LogP contribution in [0, 0.1) is 5.92 Å². The molecule has 3 heteroatoms. The first-order chi connectivity index (χ1) is 8.18. The van der Waals surface area contributed by atoms with Crippen molar-refractivity contribution in [2.75, 3.05) is 0 Å². The number of hydrogen-bond acceptors (Lipinski definition) is 3. The molecule has 0 unspecified atom stereocenters. The van der Waals surface area contributed by atoms with Crippen molar-refractivity contribution in [2.45, 2.75) is 12.8 Å². The molecule has 1 aromatic rings. The van der Waals surface area contributed by atoms with E-state index in [-0.39, 0.29) is 24.4 Å². The highest BCUT2D eigenvalue weighted by Gasteiger charge is 2.37. The zero-order valence-electron chi connectivity index (χ0n) is 9.26. The zero-order valence-corrected chi connectivity index (χ0v) is 9.26. The van der Waals surface area contributed by atoms with Crippen LogP contribution in [0.15, 0.2) is 36.4 Å². The van der Waals surface area contributed by atoms with Gasteiger partial charge in [0.2, 0.25) is 0 Å². The van der Waals surface area contributed by atoms with Crippen LogP contribution in [0.1, 0.15) is 18.4 Å². The Labute approximate surface area is 99.1 Å². The van der Waals surface area contributed by atoms with E-state index in [2.05, 4.69) is 0 Å². The molecule has 0 bridgehead atoms. The Hall–Kier alpha value is -2.03. The van der Waals surface area contributed by atoms with Crippen molar-refractivity contribution in [1.29, 1.82) is 0 Å². The van der Waals surface area contributed by atoms with Crippen LogP contribution < -0.4 is 0 Å². The van der Waals surface area contributed by atoms with Crippen molar-refractivity contribution in [3.8, 4) is 0 Å². The number of rotatable bonds is 3. The lowest BCUT2D eigenvalue weighted by Crippen LogP contribution is -2.23. The second-order valence-corrected chi connectivity index (χ2v) is 4.01. The predicted molar refractivity (Wildman–Crippen MR) is 63.2 cm³/mol. The van der Waals surface area contributed by atoms with E-state index in [1.165, 1.54) is 6.08 Å². The van der Waals surface area contributed by atoms with Crippen LogP contribution in [0.5, 0.6) is 0 Å². The van der Waals surface area contributed by atoms with Crippen molar-refractivity contribution < 1.29 is 14.4 Å². The van der Waals surface area contributed by atoms with E-state index in [0.29, 0.717) is 0 Å². The highest BCUT2D eigenvalue weighted by atomic mass is 16.2. The molecule has 3 nitrogen and oxygen atoms in total. The van der Waals surface area contributed by atoms with Gasteiger partial charge in [-0.05, 0) is 11.6 Å². The van der Waals surface area contributed by atoms with Crippen molar-refractivity contribution in [2.24, 2.45) is 5.92 Å². The zero-order chi connectivity index (χ0) is 12.3. The van der Waals surface area contributed by atoms with E-state index in [0.717, 1.165) is 5.56 Å². The number of benzene rings is 1. The maximum Gasteiger partial charge on any atom is 0.173 e. The maximum absolute atomic E-state index is 11.7. The summed E-state index contributed by atoms with van der Waals surface area (Å²) < 4.78 is 0. The summed E-state index contributed by atoms with van der Waals surface area (Å²) in [6.45, 7) is 0. The molecule has 1 aromatic carbocycles. The van der Waals surface area contributed by atoms with Crippen LogP contribution in [0.4, 0.5) is 0 Å². The Bertz CT molecular complexity index is 469. The van der Waals surface area contributed by atoms with Crippen LogP contribution in [-0.4, -0.2) is 17.3 Å². The van der Waals surface area contributed by atoms with Gasteiger partial charge in [-0.2, -0.15) is 0 Å². The number of carbonyl (C=O) groups excluding carboxylic acids is 3. The summed E-state index contributed by atoms with van der Waals surface area (Å²) in [5.74, 6) is -1.95. The van der Waals surface area contributed by atoms with E-state index >= 15 is 0 Å². The highest BCUT2D eigenvalue weighted by molar-refractivity contribution is 6.26. The first-order valence-electron chi connectivity index (χ1n) is 5.51. The van der Waals surface area contributed by atoms with E-state index in [9.17, 15) is 14.4 Å². The maximum atomic E-state index is 11.7. The molecule has 1 aliphatic rings. The third kappa shape index (κ3) is 2.56. The van der Waals surface area contributed by atoms with Crippen LogP contribution in [-0.2, 0) is 14.4 Å². The van der Waals surface area contributed by atoms with E-state index in [1.54, 1.807) is 6.08 Å². The Balaban J connectivity index is 2.09. The van der Waals surface area contributed by atoms with E-state index in [4.69, 9.17) is 0 Å². The first kappa shape index (κ1) is 11.5. The predicted octanol–water partition coefficient (Wildman–Crippen LogP) is 1.82. The summed E-state index contributed by atoms with van der Waals surface area (Å²) in [6.07, 6.45) is 3.35. The van der Waals surface area contributed by atoms with Crippen molar-refractivity contribution in [3.05, 3.63) is 42.0 Å². The molecule has 0 aromatic heterocycles. The normalized spacial score (nSPS) is 16.9. The van der Waals surface area contributed by atoms with Crippen molar-refractivity contribution >= 4 is 23.4 Å². The summed E-state index contributed by atoms with van der Waals surface area (Å²) in [4.78, 5) is 34.4. The van der Waals surface area contributed by atoms with E-state index < -0.39 is 11.7 Å². The molecule has 1 saturated carbocycles. The lowest BCUT2D eigenvalue weighted by atomic mass is 10.00. The lowest BCUT2D eigenvalue weighted by Gasteiger charge is -2.00. The second-order valence-electron chi connectivity index (χ2n) is 4.01. The molecular formula is C14H12O3. The molecule has 0 amide bonds. The largest absolute Gasteiger partial charge is 0.298 e. The summed E-state index contributed by atoms with van der Waals surface area (Å²) in [5, 5.41) is 0. The van der Waals surface area contributed by atoms with E-state index in [1.807, 2.05) is 30.3 Å². The van der Waals surface area contributed by atoms with Gasteiger partial charge in [-0.1, -0.05) is 36.4 Å². The third-order valence-electron chi connectivity index (χ3n) is 2.79. The first-order valence-corrected chi connectivity index (χ1v) is 5.51. The standard InChI is InChI=1S/C14H12O3/c15-11(14-12(16)8-9-13(14)17)7-6-10-4-2-1-3-5-10/h1-7,14H,8-9H2. The summed E-state index contributed by atoms with van der Waals surface area (Å²) in [5.41, 5.74) is 0.874. The molecule has 0 atom stereocenters. The molecule has 0 radical (unpaired) electrons. The topological polar surface area (TPSA) is 51.2 Å². The Kier molecular flexibility index (Phi) is 3.28. The molecule has 0 aliphatic heterocycles. The van der Waals surface area contributed by atoms with Gasteiger partial charge in [0.15, 0.2) is 17.3 Å². The summed E-state index contributed by atoms with van der Waals surface area (Å²) >= 11 is 0. The minimum Gasteiger partial charge on any atom is -0.298 e. The van der Waals surface area contributed by atoms with Gasteiger partial charge < -0.3 is 0 Å². The average molecular weight is 228 g/mol. The molecular weight excluding hydrogens is 216 g/mol. The number of ketones is 3. The number of hydrogen-bond donors (Lipinski definition) is 0. The number of carbonyl (C=O) groups is 3. The van der Waals surface area contributed by atoms with Crippen LogP contribution in [0.25, 0.3) is 6.08 Å². The molecule has 1 aliphatic carbocycles. The van der Waals surface area contributed by atoms with Crippen LogP contribution in [0.3, 0.4) is 0 Å². The van der Waals surface area contributed by atoms with Crippen LogP contribution >= 0.6 is 0 Å². The highest BCUT2D eigenvalue weighted by Crippen LogP contribution is 2.19. The molecule has 0 heterocycles. The Morgan fingerprint density at radius 3 is 2.24 bits per heavy atom. The number of allylic oxidation sites excluding steroid dienone is 1. The average Bonchev–Trinajstić information content (AvgIpc) is 2.67. The fraction of sp³-hybridized carbons (Fsp3) is 0.214. The SMILES string of the molecule is O=C(C=Cc1ccccc1)C1C(=O)CCC1=O. The fourth-order valence-electron chi connectivity index (χ4n) is 1.87. The lowest BCUT2D eigenvalue weighted by molar-refractivity contribution is -0.133. The second kappa shape index (κ2) is 4.87. The van der Waals surface area contributed by atoms with Gasteiger partial charge in [0.1, 0.15) is 5.92 Å². The van der Waals surface area contributed by atoms with Crippen molar-refractivity contribution in [1.82, 2.24) is 0 Å².